The first-order chi connectivity index (χ1) is 5.77. The van der Waals surface area contributed by atoms with Gasteiger partial charge in [-0.15, -0.1) is 24.3 Å². The molecule has 0 fully saturated rings. The van der Waals surface area contributed by atoms with Gasteiger partial charge in [-0.3, -0.25) is 0 Å². The zero-order chi connectivity index (χ0) is 8.97. The Hall–Kier alpha value is -1.07. The lowest BCUT2D eigenvalue weighted by Gasteiger charge is -2.00. The smallest absolute Gasteiger partial charge is 0.0998 e. The first kappa shape index (κ1) is 9.02. The molecule has 0 unspecified atom stereocenters. The lowest BCUT2D eigenvalue weighted by molar-refractivity contribution is 1.07. The number of hydrogen-bond donors (Lipinski definition) is 0. The summed E-state index contributed by atoms with van der Waals surface area (Å²) in [6.07, 6.45) is 7.85. The first-order valence-corrected chi connectivity index (χ1v) is 4.51. The molecule has 1 rings (SSSR count). The highest BCUT2D eigenvalue weighted by molar-refractivity contribution is 7.09. The van der Waals surface area contributed by atoms with Crippen molar-refractivity contribution in [3.05, 3.63) is 34.7 Å². The fourth-order valence-corrected chi connectivity index (χ4v) is 1.51. The molecule has 1 nitrogen and oxygen atoms in total. The van der Waals surface area contributed by atoms with Crippen molar-refractivity contribution in [2.24, 2.45) is 0 Å². The van der Waals surface area contributed by atoms with E-state index in [0.29, 0.717) is 0 Å². The molecule has 1 heterocycles. The molecule has 0 bridgehead atoms. The van der Waals surface area contributed by atoms with Crippen molar-refractivity contribution in [1.82, 2.24) is 4.98 Å². The van der Waals surface area contributed by atoms with Crippen LogP contribution in [0.3, 0.4) is 0 Å². The summed E-state index contributed by atoms with van der Waals surface area (Å²) < 4.78 is 0. The van der Waals surface area contributed by atoms with Gasteiger partial charge in [0.2, 0.25) is 0 Å². The van der Waals surface area contributed by atoms with Gasteiger partial charge < -0.3 is 0 Å². The van der Waals surface area contributed by atoms with Crippen molar-refractivity contribution in [2.45, 2.75) is 13.3 Å². The normalized spacial score (nSPS) is 9.75. The van der Waals surface area contributed by atoms with Gasteiger partial charge in [-0.2, -0.15) is 0 Å². The Morgan fingerprint density at radius 2 is 2.67 bits per heavy atom. The Balaban J connectivity index is 2.81. The van der Waals surface area contributed by atoms with E-state index >= 15 is 0 Å². The van der Waals surface area contributed by atoms with Crippen LogP contribution in [0.4, 0.5) is 0 Å². The second-order valence-corrected chi connectivity index (χ2v) is 3.43. The van der Waals surface area contributed by atoms with Crippen LogP contribution < -0.4 is 0 Å². The fourth-order valence-electron chi connectivity index (χ4n) is 0.884. The predicted octanol–water partition coefficient (Wildman–Crippen LogP) is 2.58. The van der Waals surface area contributed by atoms with Crippen molar-refractivity contribution in [3.8, 4) is 12.3 Å². The van der Waals surface area contributed by atoms with E-state index < -0.39 is 0 Å². The molecule has 0 N–H and O–H groups in total. The number of aromatic nitrogens is 1. The zero-order valence-corrected chi connectivity index (χ0v) is 7.82. The van der Waals surface area contributed by atoms with Crippen molar-refractivity contribution in [2.75, 3.05) is 0 Å². The van der Waals surface area contributed by atoms with Gasteiger partial charge in [0.25, 0.3) is 0 Å². The molecule has 0 spiro atoms. The molecule has 1 aromatic heterocycles. The Kier molecular flexibility index (Phi) is 3.07. The van der Waals surface area contributed by atoms with E-state index in [-0.39, 0.29) is 0 Å². The van der Waals surface area contributed by atoms with Crippen LogP contribution in [-0.2, 0) is 0 Å². The summed E-state index contributed by atoms with van der Waals surface area (Å²) >= 11 is 1.61. The fraction of sp³-hybridized carbons (Fsp3) is 0.200. The monoisotopic (exact) mass is 176 g/mol. The van der Waals surface area contributed by atoms with Crippen molar-refractivity contribution in [3.63, 3.8) is 0 Å². The van der Waals surface area contributed by atoms with Crippen LogP contribution in [0.5, 0.6) is 0 Å². The van der Waals surface area contributed by atoms with Crippen LogP contribution >= 0.6 is 11.3 Å². The molecule has 61 valence electrons. The highest BCUT2D eigenvalue weighted by atomic mass is 32.1. The van der Waals surface area contributed by atoms with Crippen molar-refractivity contribution in [1.29, 1.82) is 0 Å². The summed E-state index contributed by atoms with van der Waals surface area (Å²) in [6, 6.07) is 0. The van der Waals surface area contributed by atoms with E-state index in [0.717, 1.165) is 23.0 Å². The maximum atomic E-state index is 5.33. The molecule has 2 heteroatoms. The number of allylic oxidation sites excluding steroid dienone is 1. The van der Waals surface area contributed by atoms with Gasteiger partial charge in [-0.05, 0) is 13.3 Å². The van der Waals surface area contributed by atoms with Gasteiger partial charge in [0, 0.05) is 5.38 Å². The van der Waals surface area contributed by atoms with Crippen LogP contribution in [0.2, 0.25) is 0 Å². The minimum Gasteiger partial charge on any atom is -0.245 e. The van der Waals surface area contributed by atoms with Gasteiger partial charge in [0.05, 0.1) is 16.6 Å². The molecule has 0 aliphatic carbocycles. The maximum Gasteiger partial charge on any atom is 0.0998 e. The summed E-state index contributed by atoms with van der Waals surface area (Å²) in [4.78, 5) is 4.29. The van der Waals surface area contributed by atoms with Gasteiger partial charge >= 0.3 is 0 Å². The second kappa shape index (κ2) is 4.08. The number of aryl methyl sites for hydroxylation is 1. The number of thiazole rings is 1. The third-order valence-corrected chi connectivity index (χ3v) is 2.22. The minimum atomic E-state index is 0.722. The lowest BCUT2D eigenvalue weighted by atomic mass is 10.0. The molecule has 12 heavy (non-hydrogen) atoms. The summed E-state index contributed by atoms with van der Waals surface area (Å²) in [5.41, 5.74) is 0.917. The molecular formula is C10H10NS. The average molecular weight is 176 g/mol. The van der Waals surface area contributed by atoms with Crippen LogP contribution in [0.25, 0.3) is 0 Å². The molecule has 0 aliphatic rings. The van der Waals surface area contributed by atoms with Crippen LogP contribution in [-0.4, -0.2) is 4.98 Å². The lowest BCUT2D eigenvalue weighted by Crippen LogP contribution is -1.95. The topological polar surface area (TPSA) is 12.9 Å². The number of hydrogen-bond acceptors (Lipinski definition) is 2. The van der Waals surface area contributed by atoms with Crippen molar-refractivity contribution < 1.29 is 0 Å². The summed E-state index contributed by atoms with van der Waals surface area (Å²) in [5, 5.41) is 3.02. The highest BCUT2D eigenvalue weighted by Gasteiger charge is 2.10. The molecule has 0 saturated carbocycles. The predicted molar refractivity (Wildman–Crippen MR) is 52.8 cm³/mol. The quantitative estimate of drug-likeness (QED) is 0.509. The second-order valence-electron chi connectivity index (χ2n) is 2.37. The van der Waals surface area contributed by atoms with Crippen LogP contribution in [0, 0.1) is 25.2 Å². The highest BCUT2D eigenvalue weighted by Crippen LogP contribution is 2.19. The molecule has 1 aromatic rings. The minimum absolute atomic E-state index is 0.722. The molecule has 0 atom stereocenters. The molecule has 1 radical (unpaired) electrons. The van der Waals surface area contributed by atoms with Gasteiger partial charge in [0.15, 0.2) is 0 Å². The Morgan fingerprint density at radius 1 is 1.92 bits per heavy atom. The van der Waals surface area contributed by atoms with E-state index in [9.17, 15) is 0 Å². The summed E-state index contributed by atoms with van der Waals surface area (Å²) in [7, 11) is 0. The van der Waals surface area contributed by atoms with E-state index in [1.165, 1.54) is 0 Å². The van der Waals surface area contributed by atoms with E-state index in [1.54, 1.807) is 17.4 Å². The van der Waals surface area contributed by atoms with Crippen molar-refractivity contribution >= 4 is 11.3 Å². The Morgan fingerprint density at radius 3 is 3.08 bits per heavy atom. The van der Waals surface area contributed by atoms with Gasteiger partial charge in [-0.25, -0.2) is 4.98 Å². The third-order valence-electron chi connectivity index (χ3n) is 1.45. The maximum absolute atomic E-state index is 5.33. The van der Waals surface area contributed by atoms with E-state index in [1.807, 2.05) is 12.3 Å². The van der Waals surface area contributed by atoms with Crippen LogP contribution in [0.15, 0.2) is 18.0 Å². The first-order valence-electron chi connectivity index (χ1n) is 3.63. The summed E-state index contributed by atoms with van der Waals surface area (Å²) in [5.74, 6) is 3.53. The molecular weight excluding hydrogens is 166 g/mol. The number of terminal acetylenes is 1. The Labute approximate surface area is 77.2 Å². The van der Waals surface area contributed by atoms with E-state index in [4.69, 9.17) is 6.42 Å². The number of rotatable bonds is 3. The number of nitrogens with zero attached hydrogens (tertiary/aromatic N) is 1. The standard InChI is InChI=1S/C10H10NS/c1-4-6-9(5-2)10-7-12-8(3)11-10/h2,4,7H,1,6H2,3H3. The Bertz CT molecular complexity index is 306. The summed E-state index contributed by atoms with van der Waals surface area (Å²) in [6.45, 7) is 5.61. The van der Waals surface area contributed by atoms with Crippen LogP contribution in [0.1, 0.15) is 17.1 Å². The van der Waals surface area contributed by atoms with E-state index in [2.05, 4.69) is 17.5 Å². The molecule has 0 aliphatic heterocycles. The third kappa shape index (κ3) is 1.96. The van der Waals surface area contributed by atoms with Gasteiger partial charge in [-0.1, -0.05) is 12.0 Å². The molecule has 0 aromatic carbocycles. The average Bonchev–Trinajstić information content (AvgIpc) is 2.47. The SMILES string of the molecule is C#C[C](CC=C)c1csc(C)n1. The molecule has 0 saturated heterocycles. The zero-order valence-electron chi connectivity index (χ0n) is 7.00. The van der Waals surface area contributed by atoms with Gasteiger partial charge in [0.1, 0.15) is 0 Å². The largest absolute Gasteiger partial charge is 0.245 e. The molecule has 0 amide bonds.